The first-order valence-electron chi connectivity index (χ1n) is 5.69. The van der Waals surface area contributed by atoms with E-state index in [0.717, 1.165) is 18.7 Å². The predicted molar refractivity (Wildman–Crippen MR) is 69.2 cm³/mol. The van der Waals surface area contributed by atoms with Crippen LogP contribution in [-0.4, -0.2) is 45.1 Å². The molecule has 1 aromatic rings. The van der Waals surface area contributed by atoms with E-state index in [9.17, 15) is 13.2 Å². The largest absolute Gasteiger partial charge is 0.374 e. The molecule has 1 unspecified atom stereocenters. The average molecular weight is 268 g/mol. The van der Waals surface area contributed by atoms with Crippen molar-refractivity contribution in [1.82, 2.24) is 4.90 Å². The number of likely N-dealkylation sites (tertiary alicyclic amines) is 1. The fraction of sp³-hybridized carbons (Fsp3) is 0.417. The van der Waals surface area contributed by atoms with Gasteiger partial charge in [0.2, 0.25) is 5.91 Å². The van der Waals surface area contributed by atoms with E-state index in [1.807, 2.05) is 0 Å². The Balaban J connectivity index is 2.10. The lowest BCUT2D eigenvalue weighted by atomic mass is 10.2. The Hall–Kier alpha value is -1.56. The third-order valence-electron chi connectivity index (χ3n) is 3.05. The molecule has 1 saturated heterocycles. The van der Waals surface area contributed by atoms with Crippen LogP contribution in [0.4, 0.5) is 5.69 Å². The highest BCUT2D eigenvalue weighted by atomic mass is 32.2. The van der Waals surface area contributed by atoms with Gasteiger partial charge in [-0.25, -0.2) is 8.42 Å². The number of hydrogen-bond acceptors (Lipinski definition) is 4. The van der Waals surface area contributed by atoms with Gasteiger partial charge < -0.3 is 10.2 Å². The Labute approximate surface area is 107 Å². The highest BCUT2D eigenvalue weighted by Gasteiger charge is 2.28. The highest BCUT2D eigenvalue weighted by Crippen LogP contribution is 2.18. The van der Waals surface area contributed by atoms with Crippen LogP contribution in [-0.2, 0) is 14.6 Å². The van der Waals surface area contributed by atoms with Crippen LogP contribution < -0.4 is 5.32 Å². The Morgan fingerprint density at radius 2 is 1.89 bits per heavy atom. The van der Waals surface area contributed by atoms with Gasteiger partial charge in [0.1, 0.15) is 6.04 Å². The van der Waals surface area contributed by atoms with E-state index in [1.165, 1.54) is 6.26 Å². The minimum Gasteiger partial charge on any atom is -0.374 e. The van der Waals surface area contributed by atoms with Crippen LogP contribution in [0.2, 0.25) is 0 Å². The molecule has 5 nitrogen and oxygen atoms in total. The molecule has 1 aliphatic heterocycles. The van der Waals surface area contributed by atoms with Gasteiger partial charge in [-0.1, -0.05) is 0 Å². The second-order valence-corrected chi connectivity index (χ2v) is 6.56. The van der Waals surface area contributed by atoms with Crippen molar-refractivity contribution in [3.8, 4) is 0 Å². The summed E-state index contributed by atoms with van der Waals surface area (Å²) >= 11 is 0. The molecule has 0 spiro atoms. The van der Waals surface area contributed by atoms with Crippen LogP contribution in [0.25, 0.3) is 0 Å². The SMILES string of the molecule is CN1CCC(Nc2ccc(S(C)(=O)=O)cc2)C1=O. The smallest absolute Gasteiger partial charge is 0.244 e. The summed E-state index contributed by atoms with van der Waals surface area (Å²) in [5.74, 6) is 0.0715. The van der Waals surface area contributed by atoms with Crippen molar-refractivity contribution < 1.29 is 13.2 Å². The van der Waals surface area contributed by atoms with Crippen LogP contribution in [0.15, 0.2) is 29.2 Å². The van der Waals surface area contributed by atoms with E-state index >= 15 is 0 Å². The number of carbonyl (C=O) groups excluding carboxylic acids is 1. The summed E-state index contributed by atoms with van der Waals surface area (Å²) in [4.78, 5) is 13.7. The Morgan fingerprint density at radius 1 is 1.28 bits per heavy atom. The molecule has 1 amide bonds. The first kappa shape index (κ1) is 12.9. The molecule has 18 heavy (non-hydrogen) atoms. The van der Waals surface area contributed by atoms with Crippen LogP contribution in [0.3, 0.4) is 0 Å². The predicted octanol–water partition coefficient (Wildman–Crippen LogP) is 0.733. The number of nitrogens with zero attached hydrogens (tertiary/aromatic N) is 1. The molecular weight excluding hydrogens is 252 g/mol. The summed E-state index contributed by atoms with van der Waals surface area (Å²) in [5.41, 5.74) is 0.760. The third kappa shape index (κ3) is 2.64. The fourth-order valence-corrected chi connectivity index (χ4v) is 2.59. The van der Waals surface area contributed by atoms with Gasteiger partial charge in [0, 0.05) is 25.5 Å². The maximum absolute atomic E-state index is 11.7. The van der Waals surface area contributed by atoms with Gasteiger partial charge in [-0.15, -0.1) is 0 Å². The Kier molecular flexibility index (Phi) is 3.30. The lowest BCUT2D eigenvalue weighted by Crippen LogP contribution is -2.30. The quantitative estimate of drug-likeness (QED) is 0.877. The van der Waals surface area contributed by atoms with Gasteiger partial charge >= 0.3 is 0 Å². The molecule has 6 heteroatoms. The number of sulfone groups is 1. The summed E-state index contributed by atoms with van der Waals surface area (Å²) in [6, 6.07) is 6.24. The highest BCUT2D eigenvalue weighted by molar-refractivity contribution is 7.90. The monoisotopic (exact) mass is 268 g/mol. The molecule has 0 aliphatic carbocycles. The average Bonchev–Trinajstić information content (AvgIpc) is 2.61. The molecule has 98 valence electrons. The van der Waals surface area contributed by atoms with Gasteiger partial charge in [0.25, 0.3) is 0 Å². The number of anilines is 1. The van der Waals surface area contributed by atoms with E-state index in [2.05, 4.69) is 5.32 Å². The molecule has 0 aromatic heterocycles. The zero-order chi connectivity index (χ0) is 13.3. The second-order valence-electron chi connectivity index (χ2n) is 4.54. The minimum atomic E-state index is -3.17. The maximum Gasteiger partial charge on any atom is 0.244 e. The van der Waals surface area contributed by atoms with Crippen LogP contribution >= 0.6 is 0 Å². The summed E-state index contributed by atoms with van der Waals surface area (Å²) < 4.78 is 22.6. The molecule has 1 N–H and O–H groups in total. The van der Waals surface area contributed by atoms with Crippen molar-refractivity contribution in [1.29, 1.82) is 0 Å². The fourth-order valence-electron chi connectivity index (χ4n) is 1.96. The number of benzene rings is 1. The van der Waals surface area contributed by atoms with Gasteiger partial charge in [-0.05, 0) is 30.7 Å². The number of rotatable bonds is 3. The number of amides is 1. The number of carbonyl (C=O) groups is 1. The summed E-state index contributed by atoms with van der Waals surface area (Å²) in [7, 11) is -1.39. The van der Waals surface area contributed by atoms with Crippen molar-refractivity contribution in [2.24, 2.45) is 0 Å². The molecule has 1 aliphatic rings. The summed E-state index contributed by atoms with van der Waals surface area (Å²) in [5, 5.41) is 3.11. The van der Waals surface area contributed by atoms with Crippen molar-refractivity contribution in [2.75, 3.05) is 25.2 Å². The van der Waals surface area contributed by atoms with Gasteiger partial charge in [-0.2, -0.15) is 0 Å². The van der Waals surface area contributed by atoms with Crippen LogP contribution in [0.1, 0.15) is 6.42 Å². The summed E-state index contributed by atoms with van der Waals surface area (Å²) in [6.45, 7) is 0.748. The molecule has 1 aromatic carbocycles. The normalized spacial score (nSPS) is 20.2. The van der Waals surface area contributed by atoms with E-state index in [-0.39, 0.29) is 16.8 Å². The zero-order valence-corrected chi connectivity index (χ0v) is 11.2. The van der Waals surface area contributed by atoms with E-state index in [4.69, 9.17) is 0 Å². The first-order chi connectivity index (χ1) is 8.38. The Morgan fingerprint density at radius 3 is 2.33 bits per heavy atom. The van der Waals surface area contributed by atoms with E-state index in [0.29, 0.717) is 0 Å². The lowest BCUT2D eigenvalue weighted by molar-refractivity contribution is -0.127. The Bertz CT molecular complexity index is 551. The van der Waals surface area contributed by atoms with Gasteiger partial charge in [-0.3, -0.25) is 4.79 Å². The number of nitrogens with one attached hydrogen (secondary N) is 1. The molecule has 1 fully saturated rings. The van der Waals surface area contributed by atoms with E-state index < -0.39 is 9.84 Å². The first-order valence-corrected chi connectivity index (χ1v) is 7.59. The van der Waals surface area contributed by atoms with Crippen molar-refractivity contribution in [3.63, 3.8) is 0 Å². The lowest BCUT2D eigenvalue weighted by Gasteiger charge is -2.13. The molecular formula is C12H16N2O3S. The second kappa shape index (κ2) is 4.61. The number of hydrogen-bond donors (Lipinski definition) is 1. The molecule has 0 saturated carbocycles. The van der Waals surface area contributed by atoms with Gasteiger partial charge in [0.05, 0.1) is 4.90 Å². The molecule has 2 rings (SSSR count). The zero-order valence-electron chi connectivity index (χ0n) is 10.4. The van der Waals surface area contributed by atoms with Crippen molar-refractivity contribution >= 4 is 21.4 Å². The summed E-state index contributed by atoms with van der Waals surface area (Å²) in [6.07, 6.45) is 1.94. The standard InChI is InChI=1S/C12H16N2O3S/c1-14-8-7-11(12(14)15)13-9-3-5-10(6-4-9)18(2,16)17/h3-6,11,13H,7-8H2,1-2H3. The molecule has 0 bridgehead atoms. The molecule has 0 radical (unpaired) electrons. The number of likely N-dealkylation sites (N-methyl/N-ethyl adjacent to an activating group) is 1. The van der Waals surface area contributed by atoms with Crippen molar-refractivity contribution in [3.05, 3.63) is 24.3 Å². The maximum atomic E-state index is 11.7. The topological polar surface area (TPSA) is 66.5 Å². The van der Waals surface area contributed by atoms with E-state index in [1.54, 1.807) is 36.2 Å². The molecule has 1 heterocycles. The third-order valence-corrected chi connectivity index (χ3v) is 4.18. The minimum absolute atomic E-state index is 0.0715. The van der Waals surface area contributed by atoms with Gasteiger partial charge in [0.15, 0.2) is 9.84 Å². The van der Waals surface area contributed by atoms with Crippen molar-refractivity contribution in [2.45, 2.75) is 17.4 Å². The molecule has 1 atom stereocenters. The van der Waals surface area contributed by atoms with Crippen LogP contribution in [0.5, 0.6) is 0 Å². The van der Waals surface area contributed by atoms with Crippen LogP contribution in [0, 0.1) is 0 Å².